The molecule has 0 aromatic heterocycles. The molecule has 0 heterocycles. The molecule has 0 aliphatic carbocycles. The third-order valence-electron chi connectivity index (χ3n) is 3.23. The molecule has 0 unspecified atom stereocenters. The van der Waals surface area contributed by atoms with Gasteiger partial charge in [0.25, 0.3) is 0 Å². The standard InChI is InChI=1S/C15H24Br2N2O/c1-18(2)7-5-8-19(3)9-6-12-10-15(20-4)14(17)11-13(12)16/h10-11H,5-9H2,1-4H3. The monoisotopic (exact) mass is 406 g/mol. The van der Waals surface area contributed by atoms with E-state index in [0.29, 0.717) is 0 Å². The van der Waals surface area contributed by atoms with E-state index in [1.807, 2.05) is 0 Å². The van der Waals surface area contributed by atoms with Crippen LogP contribution in [0.15, 0.2) is 21.1 Å². The molecule has 1 aromatic rings. The van der Waals surface area contributed by atoms with Gasteiger partial charge in [-0.05, 0) is 80.7 Å². The number of hydrogen-bond donors (Lipinski definition) is 0. The number of hydrogen-bond acceptors (Lipinski definition) is 3. The molecule has 0 N–H and O–H groups in total. The van der Waals surface area contributed by atoms with Crippen LogP contribution in [0, 0.1) is 0 Å². The van der Waals surface area contributed by atoms with E-state index in [9.17, 15) is 0 Å². The summed E-state index contributed by atoms with van der Waals surface area (Å²) in [4.78, 5) is 4.61. The number of nitrogens with zero attached hydrogens (tertiary/aromatic N) is 2. The summed E-state index contributed by atoms with van der Waals surface area (Å²) in [6.45, 7) is 3.32. The van der Waals surface area contributed by atoms with Gasteiger partial charge < -0.3 is 14.5 Å². The predicted molar refractivity (Wildman–Crippen MR) is 92.8 cm³/mol. The number of halogens is 2. The maximum Gasteiger partial charge on any atom is 0.133 e. The number of ether oxygens (including phenoxy) is 1. The zero-order valence-electron chi connectivity index (χ0n) is 12.7. The van der Waals surface area contributed by atoms with E-state index in [2.05, 4.69) is 74.9 Å². The van der Waals surface area contributed by atoms with E-state index in [4.69, 9.17) is 4.74 Å². The van der Waals surface area contributed by atoms with Gasteiger partial charge >= 0.3 is 0 Å². The van der Waals surface area contributed by atoms with Crippen molar-refractivity contribution in [1.82, 2.24) is 9.80 Å². The van der Waals surface area contributed by atoms with E-state index >= 15 is 0 Å². The Morgan fingerprint density at radius 3 is 2.30 bits per heavy atom. The Labute approximate surface area is 139 Å². The molecular weight excluding hydrogens is 384 g/mol. The van der Waals surface area contributed by atoms with Gasteiger partial charge in [-0.3, -0.25) is 0 Å². The Morgan fingerprint density at radius 1 is 1.00 bits per heavy atom. The Morgan fingerprint density at radius 2 is 1.70 bits per heavy atom. The number of rotatable bonds is 8. The Bertz CT molecular complexity index is 425. The summed E-state index contributed by atoms with van der Waals surface area (Å²) in [5.41, 5.74) is 1.28. The first-order valence-electron chi connectivity index (χ1n) is 6.79. The summed E-state index contributed by atoms with van der Waals surface area (Å²) >= 11 is 7.12. The van der Waals surface area contributed by atoms with Gasteiger partial charge in [0.15, 0.2) is 0 Å². The first kappa shape index (κ1) is 18.0. The van der Waals surface area contributed by atoms with Crippen molar-refractivity contribution in [1.29, 1.82) is 0 Å². The lowest BCUT2D eigenvalue weighted by Gasteiger charge is -2.18. The summed E-state index contributed by atoms with van der Waals surface area (Å²) in [5.74, 6) is 0.887. The van der Waals surface area contributed by atoms with Crippen molar-refractivity contribution in [2.24, 2.45) is 0 Å². The maximum atomic E-state index is 5.35. The highest BCUT2D eigenvalue weighted by Gasteiger charge is 2.08. The second kappa shape index (κ2) is 9.03. The van der Waals surface area contributed by atoms with Gasteiger partial charge in [-0.2, -0.15) is 0 Å². The molecule has 0 saturated carbocycles. The van der Waals surface area contributed by atoms with Crippen LogP contribution < -0.4 is 4.74 Å². The second-order valence-electron chi connectivity index (χ2n) is 5.29. The summed E-state index contributed by atoms with van der Waals surface area (Å²) in [5, 5.41) is 0. The summed E-state index contributed by atoms with van der Waals surface area (Å²) in [6.07, 6.45) is 2.22. The molecule has 3 nitrogen and oxygen atoms in total. The lowest BCUT2D eigenvalue weighted by Crippen LogP contribution is -2.25. The zero-order valence-corrected chi connectivity index (χ0v) is 15.9. The molecule has 0 fully saturated rings. The van der Waals surface area contributed by atoms with Crippen LogP contribution in [0.2, 0.25) is 0 Å². The average Bonchev–Trinajstić information content (AvgIpc) is 2.37. The van der Waals surface area contributed by atoms with Crippen LogP contribution in [0.1, 0.15) is 12.0 Å². The highest BCUT2D eigenvalue weighted by molar-refractivity contribution is 9.11. The molecule has 5 heteroatoms. The minimum Gasteiger partial charge on any atom is -0.496 e. The topological polar surface area (TPSA) is 15.7 Å². The molecule has 1 rings (SSSR count). The van der Waals surface area contributed by atoms with Crippen LogP contribution in [0.4, 0.5) is 0 Å². The molecule has 114 valence electrons. The predicted octanol–water partition coefficient (Wildman–Crippen LogP) is 3.65. The van der Waals surface area contributed by atoms with Crippen molar-refractivity contribution in [3.05, 3.63) is 26.6 Å². The fourth-order valence-corrected chi connectivity index (χ4v) is 3.35. The Balaban J connectivity index is 2.48. The third-order valence-corrected chi connectivity index (χ3v) is 4.59. The summed E-state index contributed by atoms with van der Waals surface area (Å²) in [7, 11) is 8.11. The quantitative estimate of drug-likeness (QED) is 0.654. The van der Waals surface area contributed by atoms with Gasteiger partial charge in [0.1, 0.15) is 5.75 Å². The van der Waals surface area contributed by atoms with Crippen molar-refractivity contribution < 1.29 is 4.74 Å². The third kappa shape index (κ3) is 6.12. The SMILES string of the molecule is COc1cc(CCN(C)CCCN(C)C)c(Br)cc1Br. The van der Waals surface area contributed by atoms with Crippen LogP contribution in [-0.2, 0) is 6.42 Å². The molecule has 0 aliphatic rings. The van der Waals surface area contributed by atoms with Crippen molar-refractivity contribution in [2.75, 3.05) is 47.9 Å². The van der Waals surface area contributed by atoms with Gasteiger partial charge in [0, 0.05) is 11.0 Å². The van der Waals surface area contributed by atoms with Gasteiger partial charge in [-0.1, -0.05) is 15.9 Å². The lowest BCUT2D eigenvalue weighted by atomic mass is 10.1. The van der Waals surface area contributed by atoms with E-state index in [1.165, 1.54) is 12.0 Å². The van der Waals surface area contributed by atoms with Crippen LogP contribution in [0.5, 0.6) is 5.75 Å². The van der Waals surface area contributed by atoms with Gasteiger partial charge in [0.05, 0.1) is 11.6 Å². The van der Waals surface area contributed by atoms with E-state index in [1.54, 1.807) is 7.11 Å². The van der Waals surface area contributed by atoms with Crippen LogP contribution in [0.25, 0.3) is 0 Å². The number of methoxy groups -OCH3 is 1. The smallest absolute Gasteiger partial charge is 0.133 e. The first-order chi connectivity index (χ1) is 9.43. The van der Waals surface area contributed by atoms with E-state index in [-0.39, 0.29) is 0 Å². The Kier molecular flexibility index (Phi) is 8.10. The van der Waals surface area contributed by atoms with E-state index in [0.717, 1.165) is 40.8 Å². The first-order valence-corrected chi connectivity index (χ1v) is 8.37. The second-order valence-corrected chi connectivity index (χ2v) is 7.00. The molecule has 20 heavy (non-hydrogen) atoms. The number of benzene rings is 1. The minimum atomic E-state index is 0.887. The van der Waals surface area contributed by atoms with Crippen molar-refractivity contribution >= 4 is 31.9 Å². The zero-order chi connectivity index (χ0) is 15.1. The highest BCUT2D eigenvalue weighted by atomic mass is 79.9. The van der Waals surface area contributed by atoms with Crippen LogP contribution >= 0.6 is 31.9 Å². The van der Waals surface area contributed by atoms with Gasteiger partial charge in [-0.25, -0.2) is 0 Å². The normalized spacial score (nSPS) is 11.4. The molecular formula is C15H24Br2N2O. The molecule has 0 radical (unpaired) electrons. The lowest BCUT2D eigenvalue weighted by molar-refractivity contribution is 0.303. The Hall–Kier alpha value is -0.100. The molecule has 0 bridgehead atoms. The molecule has 1 aromatic carbocycles. The minimum absolute atomic E-state index is 0.887. The van der Waals surface area contributed by atoms with Crippen LogP contribution in [0.3, 0.4) is 0 Å². The largest absolute Gasteiger partial charge is 0.496 e. The molecule has 0 aliphatic heterocycles. The average molecular weight is 408 g/mol. The van der Waals surface area contributed by atoms with Crippen molar-refractivity contribution in [3.8, 4) is 5.75 Å². The van der Waals surface area contributed by atoms with Gasteiger partial charge in [-0.15, -0.1) is 0 Å². The fraction of sp³-hybridized carbons (Fsp3) is 0.600. The molecule has 0 spiro atoms. The molecule has 0 atom stereocenters. The fourth-order valence-electron chi connectivity index (χ4n) is 2.00. The number of likely N-dealkylation sites (N-methyl/N-ethyl adjacent to an activating group) is 1. The van der Waals surface area contributed by atoms with Gasteiger partial charge in [0.2, 0.25) is 0 Å². The van der Waals surface area contributed by atoms with Crippen molar-refractivity contribution in [2.45, 2.75) is 12.8 Å². The highest BCUT2D eigenvalue weighted by Crippen LogP contribution is 2.31. The van der Waals surface area contributed by atoms with Crippen LogP contribution in [-0.4, -0.2) is 57.7 Å². The summed E-state index contributed by atoms with van der Waals surface area (Å²) in [6, 6.07) is 4.15. The molecule has 0 amide bonds. The summed E-state index contributed by atoms with van der Waals surface area (Å²) < 4.78 is 7.46. The van der Waals surface area contributed by atoms with Crippen molar-refractivity contribution in [3.63, 3.8) is 0 Å². The van der Waals surface area contributed by atoms with E-state index < -0.39 is 0 Å². The molecule has 0 saturated heterocycles. The maximum absolute atomic E-state index is 5.35.